The summed E-state index contributed by atoms with van der Waals surface area (Å²) >= 11 is 0. The number of piperidine rings is 1. The van der Waals surface area contributed by atoms with E-state index in [1.807, 2.05) is 31.1 Å². The minimum Gasteiger partial charge on any atom is -0.339 e. The second-order valence-corrected chi connectivity index (χ2v) is 6.00. The summed E-state index contributed by atoms with van der Waals surface area (Å²) < 4.78 is 2.05. The fourth-order valence-electron chi connectivity index (χ4n) is 3.09. The lowest BCUT2D eigenvalue weighted by Gasteiger charge is -2.31. The van der Waals surface area contributed by atoms with E-state index in [1.165, 1.54) is 6.08 Å². The van der Waals surface area contributed by atoms with Gasteiger partial charge in [0, 0.05) is 31.7 Å². The third-order valence-corrected chi connectivity index (χ3v) is 4.65. The lowest BCUT2D eigenvalue weighted by atomic mass is 9.92. The van der Waals surface area contributed by atoms with Crippen LogP contribution in [0, 0.1) is 6.92 Å². The molecule has 3 heterocycles. The number of aromatic nitrogens is 3. The van der Waals surface area contributed by atoms with Gasteiger partial charge in [-0.25, -0.2) is 4.98 Å². The minimum atomic E-state index is 0.0236. The summed E-state index contributed by atoms with van der Waals surface area (Å²) in [7, 11) is 2.01. The Balaban J connectivity index is 1.78. The Bertz CT molecular complexity index is 726. The highest BCUT2D eigenvalue weighted by atomic mass is 16.2. The number of aryl methyl sites for hydroxylation is 1. The van der Waals surface area contributed by atoms with Gasteiger partial charge in [-0.1, -0.05) is 12.6 Å². The van der Waals surface area contributed by atoms with Gasteiger partial charge in [0.2, 0.25) is 5.91 Å². The van der Waals surface area contributed by atoms with E-state index in [2.05, 4.69) is 28.3 Å². The van der Waals surface area contributed by atoms with Crippen molar-refractivity contribution in [2.24, 2.45) is 7.05 Å². The molecule has 3 rings (SSSR count). The first-order chi connectivity index (χ1) is 11.1. The Hall–Kier alpha value is -2.43. The van der Waals surface area contributed by atoms with Crippen LogP contribution in [-0.4, -0.2) is 38.4 Å². The summed E-state index contributed by atoms with van der Waals surface area (Å²) in [6, 6.07) is 6.17. The van der Waals surface area contributed by atoms with Gasteiger partial charge in [-0.05, 0) is 38.0 Å². The van der Waals surface area contributed by atoms with E-state index >= 15 is 0 Å². The molecular weight excluding hydrogens is 288 g/mol. The Morgan fingerprint density at radius 1 is 1.35 bits per heavy atom. The van der Waals surface area contributed by atoms with E-state index in [9.17, 15) is 4.79 Å². The van der Waals surface area contributed by atoms with Crippen LogP contribution in [0.4, 0.5) is 0 Å². The monoisotopic (exact) mass is 310 g/mol. The van der Waals surface area contributed by atoms with Crippen molar-refractivity contribution < 1.29 is 4.79 Å². The molecule has 0 aromatic carbocycles. The van der Waals surface area contributed by atoms with Crippen molar-refractivity contribution in [1.82, 2.24) is 19.4 Å². The second kappa shape index (κ2) is 6.36. The molecule has 5 nitrogen and oxygen atoms in total. The highest BCUT2D eigenvalue weighted by Crippen LogP contribution is 2.28. The number of rotatable bonds is 3. The van der Waals surface area contributed by atoms with E-state index in [0.717, 1.165) is 48.8 Å². The SMILES string of the molecule is C=CC(=O)N1CCC(c2cccc(-c3cnc(C)n3C)n2)CC1. The van der Waals surface area contributed by atoms with Crippen LogP contribution in [-0.2, 0) is 11.8 Å². The van der Waals surface area contributed by atoms with Crippen molar-refractivity contribution in [1.29, 1.82) is 0 Å². The molecule has 0 N–H and O–H groups in total. The summed E-state index contributed by atoms with van der Waals surface area (Å²) in [6.07, 6.45) is 5.15. The van der Waals surface area contributed by atoms with Crippen molar-refractivity contribution in [3.8, 4) is 11.4 Å². The molecule has 1 aliphatic heterocycles. The number of pyridine rings is 1. The van der Waals surface area contributed by atoms with E-state index in [0.29, 0.717) is 5.92 Å². The van der Waals surface area contributed by atoms with Crippen molar-refractivity contribution in [3.63, 3.8) is 0 Å². The summed E-state index contributed by atoms with van der Waals surface area (Å²) in [5.41, 5.74) is 3.09. The van der Waals surface area contributed by atoms with Gasteiger partial charge < -0.3 is 9.47 Å². The van der Waals surface area contributed by atoms with E-state index in [-0.39, 0.29) is 5.91 Å². The normalized spacial score (nSPS) is 15.7. The summed E-state index contributed by atoms with van der Waals surface area (Å²) in [4.78, 5) is 22.7. The Kier molecular flexibility index (Phi) is 4.28. The average molecular weight is 310 g/mol. The quantitative estimate of drug-likeness (QED) is 0.819. The van der Waals surface area contributed by atoms with Crippen LogP contribution in [0.2, 0.25) is 0 Å². The molecule has 120 valence electrons. The first-order valence-corrected chi connectivity index (χ1v) is 7.97. The molecule has 0 bridgehead atoms. The number of likely N-dealkylation sites (tertiary alicyclic amines) is 1. The summed E-state index contributed by atoms with van der Waals surface area (Å²) in [6.45, 7) is 7.08. The van der Waals surface area contributed by atoms with Crippen LogP contribution in [0.25, 0.3) is 11.4 Å². The van der Waals surface area contributed by atoms with Gasteiger partial charge in [0.15, 0.2) is 0 Å². The topological polar surface area (TPSA) is 51.0 Å². The standard InChI is InChI=1S/C18H22N4O/c1-4-18(23)22-10-8-14(9-11-22)15-6-5-7-16(20-15)17-12-19-13(2)21(17)3/h4-7,12,14H,1,8-11H2,2-3H3. The third kappa shape index (κ3) is 3.04. The largest absolute Gasteiger partial charge is 0.339 e. The van der Waals surface area contributed by atoms with Gasteiger partial charge in [-0.3, -0.25) is 9.78 Å². The predicted molar refractivity (Wildman–Crippen MR) is 89.9 cm³/mol. The summed E-state index contributed by atoms with van der Waals surface area (Å²) in [5.74, 6) is 1.40. The maximum absolute atomic E-state index is 11.7. The first-order valence-electron chi connectivity index (χ1n) is 7.97. The van der Waals surface area contributed by atoms with Crippen molar-refractivity contribution >= 4 is 5.91 Å². The van der Waals surface area contributed by atoms with Crippen molar-refractivity contribution in [2.45, 2.75) is 25.7 Å². The van der Waals surface area contributed by atoms with Crippen LogP contribution in [0.15, 0.2) is 37.1 Å². The fraction of sp³-hybridized carbons (Fsp3) is 0.389. The lowest BCUT2D eigenvalue weighted by Crippen LogP contribution is -2.36. The Morgan fingerprint density at radius 3 is 2.70 bits per heavy atom. The van der Waals surface area contributed by atoms with Gasteiger partial charge in [0.1, 0.15) is 5.82 Å². The zero-order valence-electron chi connectivity index (χ0n) is 13.7. The fourth-order valence-corrected chi connectivity index (χ4v) is 3.09. The maximum Gasteiger partial charge on any atom is 0.245 e. The number of amides is 1. The molecule has 0 atom stereocenters. The van der Waals surface area contributed by atoms with Gasteiger partial charge in [-0.15, -0.1) is 0 Å². The van der Waals surface area contributed by atoms with Crippen LogP contribution in [0.1, 0.15) is 30.3 Å². The van der Waals surface area contributed by atoms with E-state index in [4.69, 9.17) is 4.98 Å². The predicted octanol–water partition coefficient (Wildman–Crippen LogP) is 2.68. The minimum absolute atomic E-state index is 0.0236. The van der Waals surface area contributed by atoms with Gasteiger partial charge in [0.25, 0.3) is 0 Å². The number of carbonyl (C=O) groups is 1. The zero-order valence-corrected chi connectivity index (χ0v) is 13.7. The van der Waals surface area contributed by atoms with Crippen LogP contribution < -0.4 is 0 Å². The molecule has 0 spiro atoms. The van der Waals surface area contributed by atoms with Crippen LogP contribution in [0.3, 0.4) is 0 Å². The molecule has 5 heteroatoms. The number of nitrogens with zero attached hydrogens (tertiary/aromatic N) is 4. The second-order valence-electron chi connectivity index (χ2n) is 6.00. The molecule has 1 saturated heterocycles. The Morgan fingerprint density at radius 2 is 2.09 bits per heavy atom. The van der Waals surface area contributed by atoms with Crippen molar-refractivity contribution in [2.75, 3.05) is 13.1 Å². The molecule has 0 unspecified atom stereocenters. The molecule has 1 aliphatic rings. The van der Waals surface area contributed by atoms with Gasteiger partial charge in [-0.2, -0.15) is 0 Å². The zero-order chi connectivity index (χ0) is 16.4. The molecular formula is C18H22N4O. The van der Waals surface area contributed by atoms with E-state index < -0.39 is 0 Å². The number of imidazole rings is 1. The Labute approximate surface area is 136 Å². The molecule has 1 amide bonds. The molecule has 0 saturated carbocycles. The molecule has 2 aromatic rings. The highest BCUT2D eigenvalue weighted by Gasteiger charge is 2.23. The van der Waals surface area contributed by atoms with Crippen LogP contribution >= 0.6 is 0 Å². The number of hydrogen-bond donors (Lipinski definition) is 0. The highest BCUT2D eigenvalue weighted by molar-refractivity contribution is 5.87. The molecule has 2 aromatic heterocycles. The number of hydrogen-bond acceptors (Lipinski definition) is 3. The van der Waals surface area contributed by atoms with E-state index in [1.54, 1.807) is 0 Å². The van der Waals surface area contributed by atoms with Crippen LogP contribution in [0.5, 0.6) is 0 Å². The molecule has 23 heavy (non-hydrogen) atoms. The van der Waals surface area contributed by atoms with Gasteiger partial charge in [0.05, 0.1) is 17.6 Å². The molecule has 1 fully saturated rings. The summed E-state index contributed by atoms with van der Waals surface area (Å²) in [5, 5.41) is 0. The third-order valence-electron chi connectivity index (χ3n) is 4.65. The molecule has 0 aliphatic carbocycles. The molecule has 0 radical (unpaired) electrons. The van der Waals surface area contributed by atoms with Crippen molar-refractivity contribution in [3.05, 3.63) is 48.6 Å². The first kappa shape index (κ1) is 15.5. The van der Waals surface area contributed by atoms with Gasteiger partial charge >= 0.3 is 0 Å². The maximum atomic E-state index is 11.7. The smallest absolute Gasteiger partial charge is 0.245 e. The number of carbonyl (C=O) groups excluding carboxylic acids is 1. The average Bonchev–Trinajstić information content (AvgIpc) is 2.93. The lowest BCUT2D eigenvalue weighted by molar-refractivity contribution is -0.127.